The number of nitro benzene ring substituents is 1. The van der Waals surface area contributed by atoms with Gasteiger partial charge in [0.05, 0.1) is 10.5 Å². The summed E-state index contributed by atoms with van der Waals surface area (Å²) in [6.07, 6.45) is 0. The monoisotopic (exact) mass is 329 g/mol. The van der Waals surface area contributed by atoms with Crippen LogP contribution in [0.5, 0.6) is 5.75 Å². The van der Waals surface area contributed by atoms with Gasteiger partial charge in [0.15, 0.2) is 11.6 Å². The molecule has 0 fully saturated rings. The van der Waals surface area contributed by atoms with Gasteiger partial charge in [0.2, 0.25) is 0 Å². The van der Waals surface area contributed by atoms with Crippen molar-refractivity contribution in [2.24, 2.45) is 0 Å². The van der Waals surface area contributed by atoms with Crippen molar-refractivity contribution in [1.29, 1.82) is 0 Å². The Morgan fingerprint density at radius 2 is 2.00 bits per heavy atom. The summed E-state index contributed by atoms with van der Waals surface area (Å²) in [5, 5.41) is 11.2. The molecule has 0 radical (unpaired) electrons. The van der Waals surface area contributed by atoms with Crippen molar-refractivity contribution in [3.05, 3.63) is 68.5 Å². The molecular weight excluding hydrogens is 320 g/mol. The molecule has 2 rings (SSSR count). The molecule has 0 saturated heterocycles. The topological polar surface area (TPSA) is 52.4 Å². The fraction of sp³-hybridized carbons (Fsp3) is 0.143. The van der Waals surface area contributed by atoms with Crippen LogP contribution in [0.4, 0.5) is 10.1 Å². The molecule has 0 aliphatic rings. The number of rotatable bonds is 5. The molecule has 21 heavy (non-hydrogen) atoms. The largest absolute Gasteiger partial charge is 0.486 e. The highest BCUT2D eigenvalue weighted by atomic mass is 35.5. The van der Waals surface area contributed by atoms with Gasteiger partial charge in [-0.3, -0.25) is 10.1 Å². The van der Waals surface area contributed by atoms with E-state index in [4.69, 9.17) is 27.9 Å². The molecule has 110 valence electrons. The van der Waals surface area contributed by atoms with E-state index in [1.54, 1.807) is 6.07 Å². The van der Waals surface area contributed by atoms with Crippen LogP contribution in [0.15, 0.2) is 36.4 Å². The van der Waals surface area contributed by atoms with Crippen LogP contribution in [0.2, 0.25) is 5.02 Å². The Bertz CT molecular complexity index is 679. The van der Waals surface area contributed by atoms with Crippen molar-refractivity contribution in [1.82, 2.24) is 0 Å². The lowest BCUT2D eigenvalue weighted by atomic mass is 10.2. The fourth-order valence-electron chi connectivity index (χ4n) is 1.73. The van der Waals surface area contributed by atoms with E-state index in [1.165, 1.54) is 30.3 Å². The fourth-order valence-corrected chi connectivity index (χ4v) is 2.06. The maximum Gasteiger partial charge on any atom is 0.277 e. The minimum atomic E-state index is -0.565. The number of nitro groups is 1. The van der Waals surface area contributed by atoms with Gasteiger partial charge in [-0.1, -0.05) is 17.7 Å². The van der Waals surface area contributed by atoms with Crippen molar-refractivity contribution in [3.63, 3.8) is 0 Å². The summed E-state index contributed by atoms with van der Waals surface area (Å²) in [5.74, 6) is -0.363. The molecule has 0 aromatic heterocycles. The Labute approximate surface area is 130 Å². The standard InChI is InChI=1S/C14H10Cl2FNO3/c15-7-9-1-4-14(12(17)5-9)21-8-10-2-3-11(16)6-13(10)18(19)20/h1-6H,7-8H2. The van der Waals surface area contributed by atoms with E-state index in [9.17, 15) is 14.5 Å². The van der Waals surface area contributed by atoms with Crippen LogP contribution in [-0.4, -0.2) is 4.92 Å². The van der Waals surface area contributed by atoms with Crippen molar-refractivity contribution >= 4 is 28.9 Å². The van der Waals surface area contributed by atoms with Crippen molar-refractivity contribution in [2.45, 2.75) is 12.5 Å². The van der Waals surface area contributed by atoms with E-state index in [1.807, 2.05) is 0 Å². The van der Waals surface area contributed by atoms with E-state index in [0.29, 0.717) is 11.1 Å². The normalized spacial score (nSPS) is 10.4. The second-order valence-corrected chi connectivity index (χ2v) is 4.92. The highest BCUT2D eigenvalue weighted by Crippen LogP contribution is 2.26. The van der Waals surface area contributed by atoms with Crippen LogP contribution < -0.4 is 4.74 Å². The minimum absolute atomic E-state index is 0.00751. The predicted octanol–water partition coefficient (Wildman–Crippen LogP) is 4.71. The highest BCUT2D eigenvalue weighted by Gasteiger charge is 2.15. The molecule has 0 heterocycles. The first-order valence-electron chi connectivity index (χ1n) is 5.91. The lowest BCUT2D eigenvalue weighted by Gasteiger charge is -2.08. The summed E-state index contributed by atoms with van der Waals surface area (Å²) in [7, 11) is 0. The molecule has 7 heteroatoms. The average molecular weight is 330 g/mol. The highest BCUT2D eigenvalue weighted by molar-refractivity contribution is 6.30. The number of alkyl halides is 1. The van der Waals surface area contributed by atoms with Crippen LogP contribution in [-0.2, 0) is 12.5 Å². The first-order chi connectivity index (χ1) is 10.0. The number of hydrogen-bond acceptors (Lipinski definition) is 3. The molecule has 4 nitrogen and oxygen atoms in total. The van der Waals surface area contributed by atoms with Crippen LogP contribution >= 0.6 is 23.2 Å². The maximum absolute atomic E-state index is 13.7. The number of ether oxygens (including phenoxy) is 1. The molecule has 0 amide bonds. The molecule has 0 aliphatic carbocycles. The molecular formula is C14H10Cl2FNO3. The molecule has 0 atom stereocenters. The summed E-state index contributed by atoms with van der Waals surface area (Å²) in [6, 6.07) is 8.55. The van der Waals surface area contributed by atoms with Gasteiger partial charge in [0, 0.05) is 17.0 Å². The van der Waals surface area contributed by atoms with Gasteiger partial charge in [0.1, 0.15) is 6.61 Å². The summed E-state index contributed by atoms with van der Waals surface area (Å²) < 4.78 is 19.0. The lowest BCUT2D eigenvalue weighted by molar-refractivity contribution is -0.385. The molecule has 0 bridgehead atoms. The van der Waals surface area contributed by atoms with E-state index in [2.05, 4.69) is 0 Å². The number of halogens is 3. The summed E-state index contributed by atoms with van der Waals surface area (Å²) >= 11 is 11.3. The zero-order valence-corrected chi connectivity index (χ0v) is 12.2. The smallest absolute Gasteiger partial charge is 0.277 e. The number of hydrogen-bond donors (Lipinski definition) is 0. The molecule has 0 aliphatic heterocycles. The second kappa shape index (κ2) is 6.74. The molecule has 2 aromatic rings. The van der Waals surface area contributed by atoms with Crippen LogP contribution in [0.1, 0.15) is 11.1 Å². The Kier molecular flexibility index (Phi) is 4.98. The van der Waals surface area contributed by atoms with Crippen LogP contribution in [0.3, 0.4) is 0 Å². The van der Waals surface area contributed by atoms with Crippen molar-refractivity contribution in [2.75, 3.05) is 0 Å². The quantitative estimate of drug-likeness (QED) is 0.453. The summed E-state index contributed by atoms with van der Waals surface area (Å²) in [4.78, 5) is 10.4. The van der Waals surface area contributed by atoms with E-state index in [-0.39, 0.29) is 28.9 Å². The Balaban J connectivity index is 2.18. The Morgan fingerprint density at radius 1 is 1.24 bits per heavy atom. The maximum atomic E-state index is 13.7. The van der Waals surface area contributed by atoms with Crippen LogP contribution in [0.25, 0.3) is 0 Å². The number of nitrogens with zero attached hydrogens (tertiary/aromatic N) is 1. The zero-order chi connectivity index (χ0) is 15.4. The summed E-state index contributed by atoms with van der Waals surface area (Å²) in [5.41, 5.74) is 0.768. The van der Waals surface area contributed by atoms with Gasteiger partial charge in [-0.2, -0.15) is 0 Å². The van der Waals surface area contributed by atoms with E-state index in [0.717, 1.165) is 0 Å². The van der Waals surface area contributed by atoms with Gasteiger partial charge in [-0.25, -0.2) is 4.39 Å². The predicted molar refractivity (Wildman–Crippen MR) is 78.4 cm³/mol. The van der Waals surface area contributed by atoms with Gasteiger partial charge in [-0.15, -0.1) is 11.6 Å². The van der Waals surface area contributed by atoms with Gasteiger partial charge >= 0.3 is 0 Å². The third-order valence-corrected chi connectivity index (χ3v) is 3.32. The second-order valence-electron chi connectivity index (χ2n) is 4.22. The third-order valence-electron chi connectivity index (χ3n) is 2.78. The third kappa shape index (κ3) is 3.83. The van der Waals surface area contributed by atoms with Gasteiger partial charge in [0.25, 0.3) is 5.69 Å². The van der Waals surface area contributed by atoms with E-state index < -0.39 is 10.7 Å². The van der Waals surface area contributed by atoms with E-state index >= 15 is 0 Å². The Morgan fingerprint density at radius 3 is 2.62 bits per heavy atom. The molecule has 0 saturated carbocycles. The first kappa shape index (κ1) is 15.5. The molecule has 2 aromatic carbocycles. The SMILES string of the molecule is O=[N+]([O-])c1cc(Cl)ccc1COc1ccc(CCl)cc1F. The molecule has 0 unspecified atom stereocenters. The minimum Gasteiger partial charge on any atom is -0.486 e. The molecule has 0 spiro atoms. The van der Waals surface area contributed by atoms with Gasteiger partial charge in [-0.05, 0) is 29.8 Å². The number of benzene rings is 2. The average Bonchev–Trinajstić information content (AvgIpc) is 2.46. The van der Waals surface area contributed by atoms with Crippen LogP contribution in [0, 0.1) is 15.9 Å². The molecule has 0 N–H and O–H groups in total. The van der Waals surface area contributed by atoms with Crippen molar-refractivity contribution in [3.8, 4) is 5.75 Å². The zero-order valence-electron chi connectivity index (χ0n) is 10.7. The Hall–Kier alpha value is -1.85. The van der Waals surface area contributed by atoms with Crippen molar-refractivity contribution < 1.29 is 14.1 Å². The summed E-state index contributed by atoms with van der Waals surface area (Å²) in [6.45, 7) is -0.134. The lowest BCUT2D eigenvalue weighted by Crippen LogP contribution is -2.02. The van der Waals surface area contributed by atoms with Gasteiger partial charge < -0.3 is 4.74 Å². The first-order valence-corrected chi connectivity index (χ1v) is 6.82.